The maximum Gasteiger partial charge on any atom is 0.308 e. The molecule has 1 aliphatic heterocycles. The first-order valence-corrected chi connectivity index (χ1v) is 7.82. The second-order valence-corrected chi connectivity index (χ2v) is 5.55. The number of hydrogen-bond acceptors (Lipinski definition) is 6. The van der Waals surface area contributed by atoms with Crippen LogP contribution in [0.15, 0.2) is 40.1 Å². The predicted molar refractivity (Wildman–Crippen MR) is 90.7 cm³/mol. The molecule has 0 amide bonds. The van der Waals surface area contributed by atoms with Crippen molar-refractivity contribution in [1.29, 1.82) is 0 Å². The molecule has 6 nitrogen and oxygen atoms in total. The number of ether oxygens (including phenoxy) is 2. The molecule has 0 saturated carbocycles. The van der Waals surface area contributed by atoms with Crippen LogP contribution in [0.5, 0.6) is 5.75 Å². The molecule has 1 aromatic carbocycles. The average Bonchev–Trinajstić information content (AvgIpc) is 2.57. The Bertz CT molecular complexity index is 833. The van der Waals surface area contributed by atoms with Crippen LogP contribution < -0.4 is 15.1 Å². The molecule has 0 bridgehead atoms. The Balaban J connectivity index is 2.17. The van der Waals surface area contributed by atoms with Crippen LogP contribution in [0.4, 0.5) is 5.88 Å². The third-order valence-corrected chi connectivity index (χ3v) is 3.87. The Hall–Kier alpha value is -2.60. The largest absolute Gasteiger partial charge is 0.440 e. The third-order valence-electron chi connectivity index (χ3n) is 3.87. The number of carbonyl (C=O) groups is 1. The van der Waals surface area contributed by atoms with Crippen molar-refractivity contribution >= 4 is 22.8 Å². The van der Waals surface area contributed by atoms with Gasteiger partial charge in [-0.05, 0) is 18.6 Å². The molecule has 1 aromatic heterocycles. The zero-order chi connectivity index (χ0) is 17.1. The fourth-order valence-corrected chi connectivity index (χ4v) is 2.77. The number of benzene rings is 1. The van der Waals surface area contributed by atoms with Crippen molar-refractivity contribution in [3.05, 3.63) is 46.6 Å². The summed E-state index contributed by atoms with van der Waals surface area (Å²) in [5, 5.41) is 0.458. The summed E-state index contributed by atoms with van der Waals surface area (Å²) in [7, 11) is 0. The highest BCUT2D eigenvalue weighted by Crippen LogP contribution is 2.30. The molecule has 3 rings (SSSR count). The van der Waals surface area contributed by atoms with Gasteiger partial charge in [0.2, 0.25) is 0 Å². The van der Waals surface area contributed by atoms with Gasteiger partial charge >= 0.3 is 5.97 Å². The molecule has 1 aliphatic rings. The van der Waals surface area contributed by atoms with E-state index in [4.69, 9.17) is 13.9 Å². The molecule has 126 valence electrons. The summed E-state index contributed by atoms with van der Waals surface area (Å²) in [6, 6.07) is 4.74. The average molecular weight is 329 g/mol. The number of esters is 1. The third kappa shape index (κ3) is 3.19. The van der Waals surface area contributed by atoms with Crippen molar-refractivity contribution in [3.8, 4) is 5.75 Å². The molecule has 0 N–H and O–H groups in total. The van der Waals surface area contributed by atoms with Gasteiger partial charge in [0, 0.05) is 31.6 Å². The van der Waals surface area contributed by atoms with Gasteiger partial charge in [-0.15, -0.1) is 6.58 Å². The van der Waals surface area contributed by atoms with Gasteiger partial charge in [0.15, 0.2) is 11.3 Å². The monoisotopic (exact) mass is 329 g/mol. The smallest absolute Gasteiger partial charge is 0.308 e. The first-order chi connectivity index (χ1) is 11.6. The molecular formula is C18H19NO5. The van der Waals surface area contributed by atoms with Gasteiger partial charge < -0.3 is 18.8 Å². The minimum absolute atomic E-state index is 0.127. The van der Waals surface area contributed by atoms with Gasteiger partial charge in [0.1, 0.15) is 11.3 Å². The molecule has 0 radical (unpaired) electrons. The molecule has 0 unspecified atom stereocenters. The molecule has 6 heteroatoms. The Morgan fingerprint density at radius 3 is 2.79 bits per heavy atom. The fraction of sp³-hybridized carbons (Fsp3) is 0.333. The summed E-state index contributed by atoms with van der Waals surface area (Å²) in [5.74, 6) is 0.463. The van der Waals surface area contributed by atoms with E-state index in [1.807, 2.05) is 4.90 Å². The van der Waals surface area contributed by atoms with Crippen molar-refractivity contribution in [2.45, 2.75) is 13.3 Å². The van der Waals surface area contributed by atoms with Gasteiger partial charge in [-0.25, -0.2) is 0 Å². The van der Waals surface area contributed by atoms with Gasteiger partial charge in [-0.1, -0.05) is 6.08 Å². The molecule has 0 aliphatic carbocycles. The Kier molecular flexibility index (Phi) is 4.66. The summed E-state index contributed by atoms with van der Waals surface area (Å²) in [6.07, 6.45) is 2.11. The van der Waals surface area contributed by atoms with E-state index in [0.29, 0.717) is 60.9 Å². The highest BCUT2D eigenvalue weighted by Gasteiger charge is 2.19. The lowest BCUT2D eigenvalue weighted by Crippen LogP contribution is -2.36. The van der Waals surface area contributed by atoms with Crippen LogP contribution in [-0.4, -0.2) is 32.3 Å². The second-order valence-electron chi connectivity index (χ2n) is 5.55. The normalized spacial score (nSPS) is 14.6. The maximum atomic E-state index is 12.5. The summed E-state index contributed by atoms with van der Waals surface area (Å²) in [5.41, 5.74) is 0.949. The van der Waals surface area contributed by atoms with Crippen molar-refractivity contribution in [2.75, 3.05) is 31.2 Å². The van der Waals surface area contributed by atoms with Crippen LogP contribution in [0, 0.1) is 0 Å². The van der Waals surface area contributed by atoms with Crippen molar-refractivity contribution in [3.63, 3.8) is 0 Å². The number of fused-ring (bicyclic) bond motifs is 1. The summed E-state index contributed by atoms with van der Waals surface area (Å²) < 4.78 is 16.6. The van der Waals surface area contributed by atoms with Crippen molar-refractivity contribution < 1.29 is 18.7 Å². The van der Waals surface area contributed by atoms with Crippen LogP contribution in [0.1, 0.15) is 12.5 Å². The first-order valence-electron chi connectivity index (χ1n) is 7.82. The van der Waals surface area contributed by atoms with Crippen molar-refractivity contribution in [1.82, 2.24) is 0 Å². The molecule has 1 fully saturated rings. The highest BCUT2D eigenvalue weighted by atomic mass is 16.5. The second kappa shape index (κ2) is 6.88. The van der Waals surface area contributed by atoms with Crippen LogP contribution in [0.3, 0.4) is 0 Å². The van der Waals surface area contributed by atoms with E-state index in [1.165, 1.54) is 13.0 Å². The maximum absolute atomic E-state index is 12.5. The van der Waals surface area contributed by atoms with E-state index < -0.39 is 5.97 Å². The minimum atomic E-state index is -0.425. The van der Waals surface area contributed by atoms with Crippen LogP contribution in [0.2, 0.25) is 0 Å². The Morgan fingerprint density at radius 1 is 1.38 bits per heavy atom. The summed E-state index contributed by atoms with van der Waals surface area (Å²) in [4.78, 5) is 25.8. The van der Waals surface area contributed by atoms with Crippen LogP contribution in [0.25, 0.3) is 11.0 Å². The fourth-order valence-electron chi connectivity index (χ4n) is 2.77. The van der Waals surface area contributed by atoms with E-state index in [2.05, 4.69) is 6.58 Å². The SMILES string of the molecule is C=CCc1c(OC(C)=O)ccc2c(=O)cc(N3CCOCC3)oc12. The summed E-state index contributed by atoms with van der Waals surface area (Å²) in [6.45, 7) is 7.57. The van der Waals surface area contributed by atoms with Crippen LogP contribution in [-0.2, 0) is 16.0 Å². The first kappa shape index (κ1) is 16.3. The predicted octanol–water partition coefficient (Wildman–Crippen LogP) is 2.28. The van der Waals surface area contributed by atoms with Gasteiger partial charge in [-0.2, -0.15) is 0 Å². The van der Waals surface area contributed by atoms with Gasteiger partial charge in [-0.3, -0.25) is 9.59 Å². The number of allylic oxidation sites excluding steroid dienone is 1. The Labute approximate surface area is 139 Å². The zero-order valence-electron chi connectivity index (χ0n) is 13.5. The molecular weight excluding hydrogens is 310 g/mol. The lowest BCUT2D eigenvalue weighted by atomic mass is 10.1. The molecule has 0 atom stereocenters. The number of morpholine rings is 1. The number of hydrogen-bond donors (Lipinski definition) is 0. The lowest BCUT2D eigenvalue weighted by Gasteiger charge is -2.27. The quantitative estimate of drug-likeness (QED) is 0.487. The number of rotatable bonds is 4. The standard InChI is InChI=1S/C18H19NO5/c1-3-4-14-16(23-12(2)20)6-5-13-15(21)11-17(24-18(13)14)19-7-9-22-10-8-19/h3,5-6,11H,1,4,7-10H2,2H3. The van der Waals surface area contributed by atoms with E-state index >= 15 is 0 Å². The molecule has 1 saturated heterocycles. The molecule has 2 heterocycles. The van der Waals surface area contributed by atoms with E-state index in [-0.39, 0.29) is 5.43 Å². The van der Waals surface area contributed by atoms with Gasteiger partial charge in [0.05, 0.1) is 18.6 Å². The molecule has 2 aromatic rings. The van der Waals surface area contributed by atoms with E-state index in [9.17, 15) is 9.59 Å². The Morgan fingerprint density at radius 2 is 2.12 bits per heavy atom. The van der Waals surface area contributed by atoms with Crippen LogP contribution >= 0.6 is 0 Å². The molecule has 24 heavy (non-hydrogen) atoms. The number of anilines is 1. The summed E-state index contributed by atoms with van der Waals surface area (Å²) >= 11 is 0. The molecule has 0 spiro atoms. The topological polar surface area (TPSA) is 69.0 Å². The lowest BCUT2D eigenvalue weighted by molar-refractivity contribution is -0.131. The minimum Gasteiger partial charge on any atom is -0.440 e. The van der Waals surface area contributed by atoms with E-state index in [1.54, 1.807) is 18.2 Å². The van der Waals surface area contributed by atoms with Gasteiger partial charge in [0.25, 0.3) is 0 Å². The zero-order valence-corrected chi connectivity index (χ0v) is 13.5. The van der Waals surface area contributed by atoms with Crippen molar-refractivity contribution in [2.24, 2.45) is 0 Å². The number of nitrogens with zero attached hydrogens (tertiary/aromatic N) is 1. The number of carbonyl (C=O) groups excluding carboxylic acids is 1. The van der Waals surface area contributed by atoms with E-state index in [0.717, 1.165) is 0 Å². The highest BCUT2D eigenvalue weighted by molar-refractivity contribution is 5.84.